The SMILES string of the molecule is Cn1c(=O)n(-c2ccc(N/C=C\C=N)nc2)c2ccccc21. The van der Waals surface area contributed by atoms with Gasteiger partial charge in [-0.25, -0.2) is 9.78 Å². The van der Waals surface area contributed by atoms with Crippen LogP contribution in [-0.4, -0.2) is 20.3 Å². The maximum absolute atomic E-state index is 12.4. The summed E-state index contributed by atoms with van der Waals surface area (Å²) in [6.07, 6.45) is 6.01. The number of anilines is 1. The Balaban J connectivity index is 2.05. The molecule has 0 aliphatic rings. The third-order valence-electron chi connectivity index (χ3n) is 3.39. The zero-order chi connectivity index (χ0) is 15.5. The van der Waals surface area contributed by atoms with Crippen LogP contribution in [0.4, 0.5) is 5.82 Å². The smallest absolute Gasteiger partial charge is 0.333 e. The topological polar surface area (TPSA) is 75.7 Å². The molecule has 110 valence electrons. The molecule has 22 heavy (non-hydrogen) atoms. The van der Waals surface area contributed by atoms with Gasteiger partial charge in [-0.3, -0.25) is 9.13 Å². The van der Waals surface area contributed by atoms with Crippen LogP contribution in [0.1, 0.15) is 0 Å². The number of nitrogens with zero attached hydrogens (tertiary/aromatic N) is 3. The van der Waals surface area contributed by atoms with Gasteiger partial charge in [0, 0.05) is 19.5 Å². The summed E-state index contributed by atoms with van der Waals surface area (Å²) in [5.74, 6) is 0.648. The average Bonchev–Trinajstić information content (AvgIpc) is 2.81. The van der Waals surface area contributed by atoms with E-state index in [1.54, 1.807) is 40.7 Å². The van der Waals surface area contributed by atoms with E-state index in [0.29, 0.717) is 11.5 Å². The first-order valence-electron chi connectivity index (χ1n) is 6.77. The Bertz CT molecular complexity index is 902. The van der Waals surface area contributed by atoms with Crippen LogP contribution in [0.2, 0.25) is 0 Å². The molecule has 3 aromatic rings. The van der Waals surface area contributed by atoms with Crippen molar-refractivity contribution in [3.63, 3.8) is 0 Å². The van der Waals surface area contributed by atoms with E-state index in [2.05, 4.69) is 10.3 Å². The highest BCUT2D eigenvalue weighted by atomic mass is 16.1. The number of aryl methyl sites for hydroxylation is 1. The van der Waals surface area contributed by atoms with Gasteiger partial charge in [-0.15, -0.1) is 0 Å². The Labute approximate surface area is 126 Å². The lowest BCUT2D eigenvalue weighted by Crippen LogP contribution is -2.20. The Hall–Kier alpha value is -3.15. The molecule has 0 saturated heterocycles. The number of benzene rings is 1. The number of imidazole rings is 1. The molecule has 0 aliphatic carbocycles. The lowest BCUT2D eigenvalue weighted by molar-refractivity contribution is 0.844. The van der Waals surface area contributed by atoms with Gasteiger partial charge < -0.3 is 10.7 Å². The molecular weight excluding hydrogens is 278 g/mol. The van der Waals surface area contributed by atoms with E-state index in [9.17, 15) is 4.79 Å². The van der Waals surface area contributed by atoms with E-state index in [1.807, 2.05) is 30.3 Å². The Kier molecular flexibility index (Phi) is 3.57. The summed E-state index contributed by atoms with van der Waals surface area (Å²) in [6, 6.07) is 11.3. The number of nitrogens with one attached hydrogen (secondary N) is 2. The number of para-hydroxylation sites is 2. The highest BCUT2D eigenvalue weighted by Crippen LogP contribution is 2.17. The number of rotatable bonds is 4. The van der Waals surface area contributed by atoms with Crippen LogP contribution < -0.4 is 11.0 Å². The second-order valence-electron chi connectivity index (χ2n) is 4.74. The van der Waals surface area contributed by atoms with Gasteiger partial charge in [0.1, 0.15) is 5.82 Å². The fraction of sp³-hybridized carbons (Fsp3) is 0.0625. The second kappa shape index (κ2) is 5.69. The van der Waals surface area contributed by atoms with Crippen molar-refractivity contribution < 1.29 is 0 Å². The van der Waals surface area contributed by atoms with Gasteiger partial charge in [-0.05, 0) is 30.3 Å². The van der Waals surface area contributed by atoms with E-state index < -0.39 is 0 Å². The van der Waals surface area contributed by atoms with Crippen molar-refractivity contribution in [3.8, 4) is 5.69 Å². The van der Waals surface area contributed by atoms with Gasteiger partial charge in [0.15, 0.2) is 0 Å². The van der Waals surface area contributed by atoms with Crippen LogP contribution in [0, 0.1) is 5.41 Å². The summed E-state index contributed by atoms with van der Waals surface area (Å²) in [4.78, 5) is 16.7. The predicted molar refractivity (Wildman–Crippen MR) is 87.9 cm³/mol. The van der Waals surface area contributed by atoms with Gasteiger partial charge in [0.05, 0.1) is 22.9 Å². The van der Waals surface area contributed by atoms with Gasteiger partial charge >= 0.3 is 5.69 Å². The molecule has 0 radical (unpaired) electrons. The van der Waals surface area contributed by atoms with E-state index in [-0.39, 0.29) is 5.69 Å². The minimum absolute atomic E-state index is 0.104. The van der Waals surface area contributed by atoms with E-state index >= 15 is 0 Å². The molecule has 3 rings (SSSR count). The predicted octanol–water partition coefficient (Wildman–Crippen LogP) is 2.30. The molecule has 0 atom stereocenters. The maximum atomic E-state index is 12.4. The highest BCUT2D eigenvalue weighted by Gasteiger charge is 2.11. The molecule has 0 saturated carbocycles. The summed E-state index contributed by atoms with van der Waals surface area (Å²) in [5.41, 5.74) is 2.33. The van der Waals surface area contributed by atoms with Gasteiger partial charge in [0.2, 0.25) is 0 Å². The van der Waals surface area contributed by atoms with E-state index in [4.69, 9.17) is 5.41 Å². The first-order chi connectivity index (χ1) is 10.7. The third kappa shape index (κ3) is 2.31. The zero-order valence-electron chi connectivity index (χ0n) is 12.0. The molecule has 2 heterocycles. The maximum Gasteiger partial charge on any atom is 0.333 e. The van der Waals surface area contributed by atoms with Crippen LogP contribution in [-0.2, 0) is 7.05 Å². The van der Waals surface area contributed by atoms with Gasteiger partial charge in [-0.2, -0.15) is 0 Å². The molecule has 0 amide bonds. The Morgan fingerprint density at radius 1 is 1.18 bits per heavy atom. The summed E-state index contributed by atoms with van der Waals surface area (Å²) in [6.45, 7) is 0. The van der Waals surface area contributed by atoms with Crippen molar-refractivity contribution >= 4 is 23.1 Å². The van der Waals surface area contributed by atoms with Gasteiger partial charge in [0.25, 0.3) is 0 Å². The first kappa shape index (κ1) is 13.8. The first-order valence-corrected chi connectivity index (χ1v) is 6.77. The van der Waals surface area contributed by atoms with Crippen molar-refractivity contribution in [1.29, 1.82) is 5.41 Å². The van der Waals surface area contributed by atoms with Crippen molar-refractivity contribution in [2.75, 3.05) is 5.32 Å². The van der Waals surface area contributed by atoms with Crippen LogP contribution in [0.5, 0.6) is 0 Å². The lowest BCUT2D eigenvalue weighted by atomic mass is 10.3. The second-order valence-corrected chi connectivity index (χ2v) is 4.74. The molecule has 0 bridgehead atoms. The van der Waals surface area contributed by atoms with Crippen LogP contribution >= 0.6 is 0 Å². The fourth-order valence-corrected chi connectivity index (χ4v) is 2.33. The molecule has 0 unspecified atom stereocenters. The molecular formula is C16H15N5O. The molecule has 2 aromatic heterocycles. The molecule has 6 heteroatoms. The molecule has 1 aromatic carbocycles. The number of fused-ring (bicyclic) bond motifs is 1. The van der Waals surface area contributed by atoms with Gasteiger partial charge in [-0.1, -0.05) is 12.1 Å². The summed E-state index contributed by atoms with van der Waals surface area (Å²) >= 11 is 0. The quantitative estimate of drug-likeness (QED) is 0.725. The number of allylic oxidation sites excluding steroid dienone is 1. The average molecular weight is 293 g/mol. The minimum atomic E-state index is -0.104. The standard InChI is InChI=1S/C16H15N5O/c1-20-13-5-2-3-6-14(13)21(16(20)22)12-7-8-15(19-11-12)18-10-4-9-17/h2-11,17H,1H3,(H,18,19)/b10-4-,17-9?. The molecule has 2 N–H and O–H groups in total. The number of pyridine rings is 1. The summed E-state index contributed by atoms with van der Waals surface area (Å²) in [5, 5.41) is 9.85. The zero-order valence-corrected chi connectivity index (χ0v) is 12.0. The summed E-state index contributed by atoms with van der Waals surface area (Å²) < 4.78 is 3.26. The molecule has 0 fully saturated rings. The van der Waals surface area contributed by atoms with Crippen molar-refractivity contribution in [2.24, 2.45) is 7.05 Å². The van der Waals surface area contributed by atoms with Crippen LogP contribution in [0.15, 0.2) is 59.7 Å². The monoisotopic (exact) mass is 293 g/mol. The fourth-order valence-electron chi connectivity index (χ4n) is 2.33. The van der Waals surface area contributed by atoms with Crippen LogP contribution in [0.3, 0.4) is 0 Å². The normalized spacial score (nSPS) is 11.1. The highest BCUT2D eigenvalue weighted by molar-refractivity contribution is 5.78. The number of hydrogen-bond acceptors (Lipinski definition) is 4. The number of aromatic nitrogens is 3. The lowest BCUT2D eigenvalue weighted by Gasteiger charge is -2.04. The minimum Gasteiger partial charge on any atom is -0.347 e. The van der Waals surface area contributed by atoms with E-state index in [0.717, 1.165) is 11.0 Å². The van der Waals surface area contributed by atoms with Crippen molar-refractivity contribution in [2.45, 2.75) is 0 Å². The third-order valence-corrected chi connectivity index (χ3v) is 3.39. The Morgan fingerprint density at radius 2 is 1.95 bits per heavy atom. The molecule has 0 spiro atoms. The van der Waals surface area contributed by atoms with E-state index in [1.165, 1.54) is 6.21 Å². The van der Waals surface area contributed by atoms with Crippen molar-refractivity contribution in [3.05, 3.63) is 65.4 Å². The summed E-state index contributed by atoms with van der Waals surface area (Å²) in [7, 11) is 1.76. The number of hydrogen-bond donors (Lipinski definition) is 2. The molecule has 6 nitrogen and oxygen atoms in total. The van der Waals surface area contributed by atoms with Crippen LogP contribution in [0.25, 0.3) is 16.7 Å². The Morgan fingerprint density at radius 3 is 2.64 bits per heavy atom. The largest absolute Gasteiger partial charge is 0.347 e. The molecule has 0 aliphatic heterocycles. The van der Waals surface area contributed by atoms with Crippen molar-refractivity contribution in [1.82, 2.24) is 14.1 Å².